The summed E-state index contributed by atoms with van der Waals surface area (Å²) >= 11 is 1.39. The second kappa shape index (κ2) is 6.78. The number of hydrogen-bond acceptors (Lipinski definition) is 3. The maximum absolute atomic E-state index is 12.5. The maximum Gasteiger partial charge on any atom is 0.416 e. The number of nitrogens with zero attached hydrogens (tertiary/aromatic N) is 2. The molecule has 0 saturated heterocycles. The number of nitrogens with one attached hydrogen (secondary N) is 2. The molecular weight excluding hydrogens is 313 g/mol. The van der Waals surface area contributed by atoms with Gasteiger partial charge in [-0.2, -0.15) is 13.2 Å². The minimum atomic E-state index is -4.32. The van der Waals surface area contributed by atoms with Gasteiger partial charge in [0.05, 0.1) is 17.8 Å². The summed E-state index contributed by atoms with van der Waals surface area (Å²) < 4.78 is 37.6. The van der Waals surface area contributed by atoms with Gasteiger partial charge in [-0.05, 0) is 12.1 Å². The number of halogens is 3. The lowest BCUT2D eigenvalue weighted by atomic mass is 10.1. The van der Waals surface area contributed by atoms with Crippen LogP contribution in [0.4, 0.5) is 13.2 Å². The van der Waals surface area contributed by atoms with Gasteiger partial charge in [0.15, 0.2) is 5.96 Å². The van der Waals surface area contributed by atoms with Gasteiger partial charge in [-0.3, -0.25) is 4.99 Å². The molecule has 0 fully saturated rings. The van der Waals surface area contributed by atoms with Crippen LogP contribution in [0.15, 0.2) is 34.6 Å². The molecule has 2 aromatic rings. The molecule has 0 saturated carbocycles. The van der Waals surface area contributed by atoms with Crippen LogP contribution in [0.25, 0.3) is 10.6 Å². The molecule has 2 rings (SSSR count). The SMILES string of the molecule is CN=C(NC)NCc1csc(-c2ccc(C(F)(F)F)cc2)n1. The lowest BCUT2D eigenvalue weighted by molar-refractivity contribution is -0.137. The smallest absolute Gasteiger partial charge is 0.359 e. The van der Waals surface area contributed by atoms with Crippen LogP contribution in [0.1, 0.15) is 11.3 Å². The highest BCUT2D eigenvalue weighted by Crippen LogP contribution is 2.31. The van der Waals surface area contributed by atoms with Crippen LogP contribution in [0, 0.1) is 0 Å². The number of hydrogen-bond donors (Lipinski definition) is 2. The van der Waals surface area contributed by atoms with E-state index in [-0.39, 0.29) is 0 Å². The lowest BCUT2D eigenvalue weighted by Gasteiger charge is -2.07. The minimum absolute atomic E-state index is 0.491. The first-order chi connectivity index (χ1) is 10.4. The number of aromatic nitrogens is 1. The van der Waals surface area contributed by atoms with Gasteiger partial charge in [-0.1, -0.05) is 12.1 Å². The van der Waals surface area contributed by atoms with Gasteiger partial charge >= 0.3 is 6.18 Å². The van der Waals surface area contributed by atoms with E-state index in [1.165, 1.54) is 23.5 Å². The van der Waals surface area contributed by atoms with E-state index in [2.05, 4.69) is 20.6 Å². The van der Waals surface area contributed by atoms with Crippen LogP contribution < -0.4 is 10.6 Å². The summed E-state index contributed by atoms with van der Waals surface area (Å²) in [6.07, 6.45) is -4.32. The highest BCUT2D eigenvalue weighted by atomic mass is 32.1. The summed E-state index contributed by atoms with van der Waals surface area (Å²) in [6, 6.07) is 5.01. The molecule has 118 valence electrons. The summed E-state index contributed by atoms with van der Waals surface area (Å²) in [4.78, 5) is 8.39. The molecule has 2 N–H and O–H groups in total. The summed E-state index contributed by atoms with van der Waals surface area (Å²) in [5.41, 5.74) is 0.811. The lowest BCUT2D eigenvalue weighted by Crippen LogP contribution is -2.34. The summed E-state index contributed by atoms with van der Waals surface area (Å²) in [5, 5.41) is 8.50. The van der Waals surface area contributed by atoms with E-state index >= 15 is 0 Å². The van der Waals surface area contributed by atoms with Gasteiger partial charge in [0.25, 0.3) is 0 Å². The number of benzene rings is 1. The Morgan fingerprint density at radius 3 is 2.50 bits per heavy atom. The van der Waals surface area contributed by atoms with Crippen LogP contribution in [0.5, 0.6) is 0 Å². The van der Waals surface area contributed by atoms with Crippen molar-refractivity contribution in [3.63, 3.8) is 0 Å². The summed E-state index contributed by atoms with van der Waals surface area (Å²) in [6.45, 7) is 0.491. The standard InChI is InChI=1S/C14H15F3N4S/c1-18-13(19-2)20-7-11-8-22-12(21-11)9-3-5-10(6-4-9)14(15,16)17/h3-6,8H,7H2,1-2H3,(H2,18,19,20). The van der Waals surface area contributed by atoms with Crippen molar-refractivity contribution in [3.05, 3.63) is 40.9 Å². The van der Waals surface area contributed by atoms with Crippen molar-refractivity contribution in [1.29, 1.82) is 0 Å². The molecule has 1 aromatic heterocycles. The first-order valence-electron chi connectivity index (χ1n) is 6.44. The second-order valence-electron chi connectivity index (χ2n) is 4.39. The maximum atomic E-state index is 12.5. The van der Waals surface area contributed by atoms with Gasteiger partial charge in [-0.25, -0.2) is 4.98 Å². The molecule has 1 aromatic carbocycles. The van der Waals surface area contributed by atoms with E-state index in [1.807, 2.05) is 5.38 Å². The van der Waals surface area contributed by atoms with Crippen molar-refractivity contribution in [3.8, 4) is 10.6 Å². The molecule has 1 heterocycles. The average molecular weight is 328 g/mol. The highest BCUT2D eigenvalue weighted by Gasteiger charge is 2.30. The fraction of sp³-hybridized carbons (Fsp3) is 0.286. The molecule has 4 nitrogen and oxygen atoms in total. The third-order valence-corrected chi connectivity index (χ3v) is 3.85. The van der Waals surface area contributed by atoms with Crippen LogP contribution in [0.3, 0.4) is 0 Å². The molecule has 0 aliphatic heterocycles. The summed E-state index contributed by atoms with van der Waals surface area (Å²) in [5.74, 6) is 0.643. The van der Waals surface area contributed by atoms with Crippen LogP contribution in [0.2, 0.25) is 0 Å². The number of aliphatic imine (C=N–C) groups is 1. The van der Waals surface area contributed by atoms with Crippen molar-refractivity contribution in [2.24, 2.45) is 4.99 Å². The van der Waals surface area contributed by atoms with E-state index in [4.69, 9.17) is 0 Å². The number of guanidine groups is 1. The van der Waals surface area contributed by atoms with Crippen molar-refractivity contribution < 1.29 is 13.2 Å². The Morgan fingerprint density at radius 1 is 1.27 bits per heavy atom. The zero-order valence-electron chi connectivity index (χ0n) is 12.0. The normalized spacial score (nSPS) is 12.3. The fourth-order valence-corrected chi connectivity index (χ4v) is 2.60. The van der Waals surface area contributed by atoms with Crippen molar-refractivity contribution in [2.45, 2.75) is 12.7 Å². The highest BCUT2D eigenvalue weighted by molar-refractivity contribution is 7.13. The molecule has 0 bridgehead atoms. The zero-order valence-corrected chi connectivity index (χ0v) is 12.8. The largest absolute Gasteiger partial charge is 0.416 e. The molecule has 0 amide bonds. The van der Waals surface area contributed by atoms with Crippen molar-refractivity contribution in [2.75, 3.05) is 14.1 Å². The third-order valence-electron chi connectivity index (χ3n) is 2.91. The molecular formula is C14H15F3N4S. The Hall–Kier alpha value is -2.09. The third kappa shape index (κ3) is 3.97. The topological polar surface area (TPSA) is 49.3 Å². The van der Waals surface area contributed by atoms with E-state index in [0.717, 1.165) is 17.8 Å². The molecule has 0 aliphatic carbocycles. The Bertz CT molecular complexity index is 647. The summed E-state index contributed by atoms with van der Waals surface area (Å²) in [7, 11) is 3.41. The van der Waals surface area contributed by atoms with Crippen molar-refractivity contribution in [1.82, 2.24) is 15.6 Å². The Balaban J connectivity index is 2.08. The van der Waals surface area contributed by atoms with E-state index in [0.29, 0.717) is 23.1 Å². The monoisotopic (exact) mass is 328 g/mol. The fourth-order valence-electron chi connectivity index (χ4n) is 1.78. The molecule has 8 heteroatoms. The minimum Gasteiger partial charge on any atom is -0.359 e. The van der Waals surface area contributed by atoms with Gasteiger partial charge in [0, 0.05) is 25.0 Å². The molecule has 0 spiro atoms. The number of alkyl halides is 3. The van der Waals surface area contributed by atoms with E-state index in [9.17, 15) is 13.2 Å². The Morgan fingerprint density at radius 2 is 1.95 bits per heavy atom. The van der Waals surface area contributed by atoms with Gasteiger partial charge in [0.1, 0.15) is 5.01 Å². The van der Waals surface area contributed by atoms with Crippen LogP contribution in [-0.4, -0.2) is 25.0 Å². The Kier molecular flexibility index (Phi) is 5.02. The van der Waals surface area contributed by atoms with Crippen LogP contribution in [-0.2, 0) is 12.7 Å². The predicted octanol–water partition coefficient (Wildman–Crippen LogP) is 3.12. The first-order valence-corrected chi connectivity index (χ1v) is 7.32. The van der Waals surface area contributed by atoms with E-state index < -0.39 is 11.7 Å². The van der Waals surface area contributed by atoms with E-state index in [1.54, 1.807) is 14.1 Å². The number of thiazole rings is 1. The van der Waals surface area contributed by atoms with Gasteiger partial charge in [-0.15, -0.1) is 11.3 Å². The van der Waals surface area contributed by atoms with Crippen LogP contribution >= 0.6 is 11.3 Å². The second-order valence-corrected chi connectivity index (χ2v) is 5.25. The number of rotatable bonds is 3. The van der Waals surface area contributed by atoms with Gasteiger partial charge < -0.3 is 10.6 Å². The predicted molar refractivity (Wildman–Crippen MR) is 81.8 cm³/mol. The molecule has 0 aliphatic rings. The molecule has 22 heavy (non-hydrogen) atoms. The van der Waals surface area contributed by atoms with Crippen molar-refractivity contribution >= 4 is 17.3 Å². The van der Waals surface area contributed by atoms with Gasteiger partial charge in [0.2, 0.25) is 0 Å². The molecule has 0 atom stereocenters. The average Bonchev–Trinajstić information content (AvgIpc) is 2.96. The first kappa shape index (κ1) is 16.3. The quantitative estimate of drug-likeness (QED) is 0.672. The zero-order chi connectivity index (χ0) is 16.2. The molecule has 0 radical (unpaired) electrons. The Labute approximate surface area is 130 Å². The molecule has 0 unspecified atom stereocenters.